The average Bonchev–Trinajstić information content (AvgIpc) is 3.02. The number of amides is 4. The molecule has 0 radical (unpaired) electrons. The van der Waals surface area contributed by atoms with Crippen molar-refractivity contribution in [2.45, 2.75) is 114 Å². The number of ether oxygens (including phenoxy) is 4. The molecule has 8 N–H and O–H groups in total. The topological polar surface area (TPSA) is 246 Å². The number of hydrogen-bond acceptors (Lipinski definition) is 13. The van der Waals surface area contributed by atoms with Gasteiger partial charge >= 0.3 is 0 Å². The van der Waals surface area contributed by atoms with Crippen molar-refractivity contribution in [1.29, 1.82) is 0 Å². The van der Waals surface area contributed by atoms with Crippen LogP contribution >= 0.6 is 0 Å². The summed E-state index contributed by atoms with van der Waals surface area (Å²) in [4.78, 5) is 50.7. The third-order valence-electron chi connectivity index (χ3n) is 7.80. The molecule has 2 saturated heterocycles. The van der Waals surface area contributed by atoms with Crippen molar-refractivity contribution < 1.29 is 63.7 Å². The van der Waals surface area contributed by atoms with Gasteiger partial charge in [0.05, 0.1) is 31.5 Å². The number of unbranched alkanes of at least 4 members (excludes halogenated alkanes) is 1. The van der Waals surface area contributed by atoms with Crippen molar-refractivity contribution in [3.63, 3.8) is 0 Å². The highest BCUT2D eigenvalue weighted by atomic mass is 16.7. The fourth-order valence-electron chi connectivity index (χ4n) is 4.83. The van der Waals surface area contributed by atoms with Gasteiger partial charge in [0.25, 0.3) is 0 Å². The van der Waals surface area contributed by atoms with Gasteiger partial charge in [-0.1, -0.05) is 0 Å². The average molecular weight is 665 g/mol. The Kier molecular flexibility index (Phi) is 17.9. The van der Waals surface area contributed by atoms with E-state index in [0.29, 0.717) is 12.8 Å². The number of aliphatic hydroxyl groups is 5. The van der Waals surface area contributed by atoms with Crippen LogP contribution in [-0.4, -0.2) is 156 Å². The van der Waals surface area contributed by atoms with Gasteiger partial charge in [-0.15, -0.1) is 0 Å². The van der Waals surface area contributed by atoms with Crippen LogP contribution in [0.15, 0.2) is 0 Å². The standard InChI is InChI=1S/C29H52N4O13/c1-17-19(34)16-20(35)28(45-17)43-14-10-31-22(37)8-12-33(24(39)7-5-4-6-21(36)30-3)13-9-23(38)32-11-15-44-29-27(42)26(41)25(40)18(2)46-29/h17-20,25-29,34-35,40-42H,4-16H2,1-3H3,(H,30,36)(H,31,37)(H,32,38). The van der Waals surface area contributed by atoms with Crippen molar-refractivity contribution in [3.05, 3.63) is 0 Å². The third kappa shape index (κ3) is 13.7. The van der Waals surface area contributed by atoms with E-state index >= 15 is 0 Å². The molecule has 9 atom stereocenters. The van der Waals surface area contributed by atoms with Crippen molar-refractivity contribution >= 4 is 23.6 Å². The van der Waals surface area contributed by atoms with Gasteiger partial charge in [-0.3, -0.25) is 19.2 Å². The molecule has 0 aromatic rings. The minimum Gasteiger partial charge on any atom is -0.390 e. The van der Waals surface area contributed by atoms with Crippen LogP contribution in [0, 0.1) is 0 Å². The van der Waals surface area contributed by atoms with E-state index in [1.54, 1.807) is 6.92 Å². The van der Waals surface area contributed by atoms with Crippen molar-refractivity contribution in [3.8, 4) is 0 Å². The molecule has 2 heterocycles. The first-order valence-corrected chi connectivity index (χ1v) is 15.8. The van der Waals surface area contributed by atoms with Crippen LogP contribution in [0.25, 0.3) is 0 Å². The van der Waals surface area contributed by atoms with Gasteiger partial charge in [-0.05, 0) is 26.7 Å². The highest BCUT2D eigenvalue weighted by Crippen LogP contribution is 2.22. The van der Waals surface area contributed by atoms with Gasteiger partial charge in [-0.2, -0.15) is 0 Å². The lowest BCUT2D eigenvalue weighted by Crippen LogP contribution is -2.57. The van der Waals surface area contributed by atoms with Crippen LogP contribution in [0.2, 0.25) is 0 Å². The Morgan fingerprint density at radius 3 is 1.83 bits per heavy atom. The second kappa shape index (κ2) is 20.7. The first-order valence-electron chi connectivity index (χ1n) is 15.8. The van der Waals surface area contributed by atoms with Crippen LogP contribution in [-0.2, 0) is 38.1 Å². The normalized spacial score (nSPS) is 29.5. The zero-order valence-corrected chi connectivity index (χ0v) is 26.8. The minimum absolute atomic E-state index is 0.0338. The second-order valence-corrected chi connectivity index (χ2v) is 11.5. The molecule has 0 aromatic carbocycles. The summed E-state index contributed by atoms with van der Waals surface area (Å²) in [5.74, 6) is -1.13. The number of rotatable bonds is 19. The molecule has 9 unspecified atom stereocenters. The van der Waals surface area contributed by atoms with E-state index in [-0.39, 0.29) is 95.1 Å². The zero-order valence-electron chi connectivity index (χ0n) is 26.8. The van der Waals surface area contributed by atoms with Gasteiger partial charge in [0.1, 0.15) is 24.4 Å². The Morgan fingerprint density at radius 2 is 1.24 bits per heavy atom. The molecule has 0 aliphatic carbocycles. The molecule has 4 amide bonds. The summed E-state index contributed by atoms with van der Waals surface area (Å²) in [6.45, 7) is 3.49. The van der Waals surface area contributed by atoms with Gasteiger partial charge < -0.3 is 65.3 Å². The number of nitrogens with zero attached hydrogens (tertiary/aromatic N) is 1. The SMILES string of the molecule is CNC(=O)CCCCC(=O)N(CCC(=O)NCCOC1OC(C)C(O)CC1O)CCC(=O)NCCOC1OC(C)C(O)C(O)C1O. The molecular formula is C29H52N4O13. The summed E-state index contributed by atoms with van der Waals surface area (Å²) < 4.78 is 21.7. The van der Waals surface area contributed by atoms with E-state index in [1.165, 1.54) is 18.9 Å². The van der Waals surface area contributed by atoms with Crippen molar-refractivity contribution in [1.82, 2.24) is 20.9 Å². The van der Waals surface area contributed by atoms with Crippen LogP contribution < -0.4 is 16.0 Å². The molecule has 266 valence electrons. The monoisotopic (exact) mass is 664 g/mol. The van der Waals surface area contributed by atoms with Crippen LogP contribution in [0.1, 0.15) is 58.8 Å². The molecule has 0 saturated carbocycles. The first-order chi connectivity index (χ1) is 21.8. The number of aliphatic hydroxyl groups excluding tert-OH is 5. The van der Waals surface area contributed by atoms with E-state index in [0.717, 1.165) is 0 Å². The number of carbonyl (C=O) groups is 4. The Hall–Kier alpha value is -2.48. The Balaban J connectivity index is 1.75. The first kappa shape index (κ1) is 39.7. The van der Waals surface area contributed by atoms with Gasteiger partial charge in [0.15, 0.2) is 12.6 Å². The van der Waals surface area contributed by atoms with E-state index < -0.39 is 55.3 Å². The Morgan fingerprint density at radius 1 is 0.696 bits per heavy atom. The Bertz CT molecular complexity index is 960. The molecule has 0 aromatic heterocycles. The minimum atomic E-state index is -1.46. The van der Waals surface area contributed by atoms with E-state index in [9.17, 15) is 44.7 Å². The number of carbonyl (C=O) groups excluding carboxylic acids is 4. The molecule has 0 bridgehead atoms. The number of hydrogen-bond donors (Lipinski definition) is 8. The lowest BCUT2D eigenvalue weighted by atomic mass is 10.0. The van der Waals surface area contributed by atoms with Crippen molar-refractivity contribution in [2.24, 2.45) is 0 Å². The fraction of sp³-hybridized carbons (Fsp3) is 0.862. The summed E-state index contributed by atoms with van der Waals surface area (Å²) in [5, 5.41) is 57.2. The van der Waals surface area contributed by atoms with Gasteiger partial charge in [0, 0.05) is 65.3 Å². The summed E-state index contributed by atoms with van der Waals surface area (Å²) in [7, 11) is 1.53. The zero-order chi connectivity index (χ0) is 34.2. The summed E-state index contributed by atoms with van der Waals surface area (Å²) in [5.41, 5.74) is 0. The van der Waals surface area contributed by atoms with Crippen LogP contribution in [0.5, 0.6) is 0 Å². The largest absolute Gasteiger partial charge is 0.390 e. The van der Waals surface area contributed by atoms with E-state index in [2.05, 4.69) is 16.0 Å². The molecule has 17 heteroatoms. The molecule has 46 heavy (non-hydrogen) atoms. The molecule has 2 aliphatic heterocycles. The summed E-state index contributed by atoms with van der Waals surface area (Å²) in [6.07, 6.45) is -7.86. The third-order valence-corrected chi connectivity index (χ3v) is 7.80. The molecular weight excluding hydrogens is 612 g/mol. The maximum Gasteiger partial charge on any atom is 0.222 e. The second-order valence-electron chi connectivity index (χ2n) is 11.5. The highest BCUT2D eigenvalue weighted by molar-refractivity contribution is 5.80. The predicted molar refractivity (Wildman–Crippen MR) is 160 cm³/mol. The maximum atomic E-state index is 12.9. The maximum absolute atomic E-state index is 12.9. The summed E-state index contributed by atoms with van der Waals surface area (Å²) >= 11 is 0. The Labute approximate surface area is 268 Å². The van der Waals surface area contributed by atoms with E-state index in [4.69, 9.17) is 18.9 Å². The smallest absolute Gasteiger partial charge is 0.222 e. The molecule has 2 aliphatic rings. The van der Waals surface area contributed by atoms with Crippen molar-refractivity contribution in [2.75, 3.05) is 46.4 Å². The van der Waals surface area contributed by atoms with Crippen LogP contribution in [0.3, 0.4) is 0 Å². The predicted octanol–water partition coefficient (Wildman–Crippen LogP) is -3.15. The molecule has 17 nitrogen and oxygen atoms in total. The lowest BCUT2D eigenvalue weighted by molar-refractivity contribution is -0.292. The molecule has 0 spiro atoms. The van der Waals surface area contributed by atoms with E-state index in [1.807, 2.05) is 0 Å². The summed E-state index contributed by atoms with van der Waals surface area (Å²) in [6, 6.07) is 0. The van der Waals surface area contributed by atoms with Crippen LogP contribution in [0.4, 0.5) is 0 Å². The van der Waals surface area contributed by atoms with Gasteiger partial charge in [0.2, 0.25) is 23.6 Å². The lowest BCUT2D eigenvalue weighted by Gasteiger charge is -2.38. The number of nitrogens with one attached hydrogen (secondary N) is 3. The molecule has 2 rings (SSSR count). The quantitative estimate of drug-likeness (QED) is 0.0637. The van der Waals surface area contributed by atoms with Gasteiger partial charge in [-0.25, -0.2) is 0 Å². The molecule has 2 fully saturated rings. The fourth-order valence-corrected chi connectivity index (χ4v) is 4.83. The highest BCUT2D eigenvalue weighted by Gasteiger charge is 2.42.